The zero-order valence-electron chi connectivity index (χ0n) is 13.9. The molecule has 2 aromatic rings. The SMILES string of the molecule is C#CCOc1ccc(C=c2sc(=CC(=O)C(C)(C)C)[nH]c2=O)cc1. The molecule has 0 radical (unpaired) electrons. The van der Waals surface area contributed by atoms with Crippen molar-refractivity contribution in [2.75, 3.05) is 6.61 Å². The summed E-state index contributed by atoms with van der Waals surface area (Å²) in [6.07, 6.45) is 8.40. The standard InChI is InChI=1S/C19H19NO3S/c1-5-10-23-14-8-6-13(7-9-14)11-15-18(22)20-17(24-15)12-16(21)19(2,3)4/h1,6-9,11-12H,10H2,2-4H3,(H,20,22). The third kappa shape index (κ3) is 4.71. The van der Waals surface area contributed by atoms with E-state index in [0.717, 1.165) is 5.56 Å². The largest absolute Gasteiger partial charge is 0.481 e. The Morgan fingerprint density at radius 2 is 2.00 bits per heavy atom. The van der Waals surface area contributed by atoms with Gasteiger partial charge in [0.15, 0.2) is 5.78 Å². The topological polar surface area (TPSA) is 59.2 Å². The van der Waals surface area contributed by atoms with Crippen molar-refractivity contribution in [3.8, 4) is 18.1 Å². The van der Waals surface area contributed by atoms with Gasteiger partial charge >= 0.3 is 0 Å². The van der Waals surface area contributed by atoms with Crippen molar-refractivity contribution in [2.45, 2.75) is 20.8 Å². The third-order valence-corrected chi connectivity index (χ3v) is 4.14. The number of ether oxygens (including phenoxy) is 1. The number of ketones is 1. The van der Waals surface area contributed by atoms with Crippen LogP contribution in [0.1, 0.15) is 26.3 Å². The summed E-state index contributed by atoms with van der Waals surface area (Å²) in [5.74, 6) is 3.05. The smallest absolute Gasteiger partial charge is 0.266 e. The van der Waals surface area contributed by atoms with Gasteiger partial charge in [-0.15, -0.1) is 17.8 Å². The van der Waals surface area contributed by atoms with Gasteiger partial charge in [0.05, 0.1) is 9.20 Å². The normalized spacial score (nSPS) is 12.9. The van der Waals surface area contributed by atoms with E-state index in [9.17, 15) is 9.59 Å². The second-order valence-corrected chi connectivity index (χ2v) is 7.33. The summed E-state index contributed by atoms with van der Waals surface area (Å²) >= 11 is 1.26. The third-order valence-electron chi connectivity index (χ3n) is 3.18. The summed E-state index contributed by atoms with van der Waals surface area (Å²) in [5, 5.41) is 0. The van der Waals surface area contributed by atoms with E-state index >= 15 is 0 Å². The fourth-order valence-corrected chi connectivity index (χ4v) is 2.68. The highest BCUT2D eigenvalue weighted by atomic mass is 32.1. The maximum atomic E-state index is 12.0. The van der Waals surface area contributed by atoms with Gasteiger partial charge in [0.1, 0.15) is 12.4 Å². The molecule has 0 atom stereocenters. The fourth-order valence-electron chi connectivity index (χ4n) is 1.80. The average Bonchev–Trinajstić information content (AvgIpc) is 2.85. The lowest BCUT2D eigenvalue weighted by atomic mass is 9.91. The summed E-state index contributed by atoms with van der Waals surface area (Å²) in [6, 6.07) is 7.27. The van der Waals surface area contributed by atoms with E-state index in [4.69, 9.17) is 11.2 Å². The van der Waals surface area contributed by atoms with Crippen molar-refractivity contribution in [1.29, 1.82) is 0 Å². The van der Waals surface area contributed by atoms with Crippen molar-refractivity contribution in [3.05, 3.63) is 49.4 Å². The van der Waals surface area contributed by atoms with Crippen LogP contribution in [0.15, 0.2) is 29.1 Å². The molecule has 0 amide bonds. The quantitative estimate of drug-likeness (QED) is 0.861. The molecule has 1 heterocycles. The predicted octanol–water partition coefficient (Wildman–Crippen LogP) is 1.67. The monoisotopic (exact) mass is 341 g/mol. The highest BCUT2D eigenvalue weighted by Crippen LogP contribution is 2.15. The first kappa shape index (κ1) is 17.8. The minimum atomic E-state index is -0.473. The molecule has 0 fully saturated rings. The number of hydrogen-bond donors (Lipinski definition) is 1. The van der Waals surface area contributed by atoms with Crippen LogP contribution in [0.2, 0.25) is 0 Å². The Kier molecular flexibility index (Phi) is 5.42. The molecule has 5 heteroatoms. The molecule has 0 bridgehead atoms. The molecule has 0 spiro atoms. The van der Waals surface area contributed by atoms with E-state index in [2.05, 4.69) is 10.9 Å². The first-order chi connectivity index (χ1) is 11.3. The second kappa shape index (κ2) is 7.33. The molecule has 24 heavy (non-hydrogen) atoms. The molecule has 2 rings (SSSR count). The zero-order chi connectivity index (χ0) is 17.7. The second-order valence-electron chi connectivity index (χ2n) is 6.25. The van der Waals surface area contributed by atoms with Gasteiger partial charge in [0, 0.05) is 11.5 Å². The summed E-state index contributed by atoms with van der Waals surface area (Å²) in [4.78, 5) is 26.8. The van der Waals surface area contributed by atoms with Crippen LogP contribution < -0.4 is 19.5 Å². The number of carbonyl (C=O) groups is 1. The van der Waals surface area contributed by atoms with E-state index in [1.807, 2.05) is 32.9 Å². The molecule has 1 aromatic heterocycles. The number of terminal acetylenes is 1. The molecule has 4 nitrogen and oxygen atoms in total. The molecule has 124 valence electrons. The fraction of sp³-hybridized carbons (Fsp3) is 0.263. The van der Waals surface area contributed by atoms with Crippen LogP contribution in [-0.2, 0) is 4.79 Å². The number of Topliss-reactive ketones (excluding diaryl/α,β-unsaturated/α-hetero) is 1. The van der Waals surface area contributed by atoms with Crippen molar-refractivity contribution in [2.24, 2.45) is 5.41 Å². The molecule has 0 unspecified atom stereocenters. The van der Waals surface area contributed by atoms with Crippen LogP contribution in [0.4, 0.5) is 0 Å². The van der Waals surface area contributed by atoms with E-state index in [1.165, 1.54) is 17.4 Å². The molecule has 0 saturated carbocycles. The molecular formula is C19H19NO3S. The number of rotatable bonds is 4. The Morgan fingerprint density at radius 3 is 2.58 bits per heavy atom. The van der Waals surface area contributed by atoms with Crippen LogP contribution in [0.25, 0.3) is 12.2 Å². The number of nitrogens with one attached hydrogen (secondary N) is 1. The van der Waals surface area contributed by atoms with Crippen LogP contribution in [0.3, 0.4) is 0 Å². The predicted molar refractivity (Wildman–Crippen MR) is 97.5 cm³/mol. The molecule has 0 saturated heterocycles. The minimum absolute atomic E-state index is 0.0263. The summed E-state index contributed by atoms with van der Waals surface area (Å²) in [7, 11) is 0. The minimum Gasteiger partial charge on any atom is -0.481 e. The first-order valence-electron chi connectivity index (χ1n) is 7.43. The van der Waals surface area contributed by atoms with Gasteiger partial charge in [-0.2, -0.15) is 0 Å². The lowest BCUT2D eigenvalue weighted by molar-refractivity contribution is -0.119. The number of H-pyrrole nitrogens is 1. The van der Waals surface area contributed by atoms with Crippen molar-refractivity contribution < 1.29 is 9.53 Å². The first-order valence-corrected chi connectivity index (χ1v) is 8.24. The molecular weight excluding hydrogens is 322 g/mol. The lowest BCUT2D eigenvalue weighted by Gasteiger charge is -2.12. The van der Waals surface area contributed by atoms with Gasteiger partial charge in [0.2, 0.25) is 0 Å². The maximum Gasteiger partial charge on any atom is 0.266 e. The van der Waals surface area contributed by atoms with E-state index in [-0.39, 0.29) is 17.9 Å². The Morgan fingerprint density at radius 1 is 1.33 bits per heavy atom. The Hall–Kier alpha value is -2.58. The summed E-state index contributed by atoms with van der Waals surface area (Å²) in [6.45, 7) is 5.74. The van der Waals surface area contributed by atoms with E-state index < -0.39 is 5.41 Å². The maximum absolute atomic E-state index is 12.0. The van der Waals surface area contributed by atoms with Gasteiger partial charge in [-0.05, 0) is 23.8 Å². The van der Waals surface area contributed by atoms with Gasteiger partial charge in [0.25, 0.3) is 5.56 Å². The highest BCUT2D eigenvalue weighted by Gasteiger charge is 2.18. The van der Waals surface area contributed by atoms with E-state index in [1.54, 1.807) is 18.2 Å². The number of thiazole rings is 1. The highest BCUT2D eigenvalue weighted by molar-refractivity contribution is 7.07. The van der Waals surface area contributed by atoms with Crippen molar-refractivity contribution in [3.63, 3.8) is 0 Å². The number of hydrogen-bond acceptors (Lipinski definition) is 4. The molecule has 1 aromatic carbocycles. The van der Waals surface area contributed by atoms with Crippen LogP contribution in [-0.4, -0.2) is 17.4 Å². The lowest BCUT2D eigenvalue weighted by Crippen LogP contribution is -2.22. The Bertz CT molecular complexity index is 935. The van der Waals surface area contributed by atoms with Crippen LogP contribution in [0, 0.1) is 17.8 Å². The number of carbonyl (C=O) groups excluding carboxylic acids is 1. The molecule has 0 aliphatic rings. The molecule has 0 aliphatic heterocycles. The van der Waals surface area contributed by atoms with Gasteiger partial charge in [-0.1, -0.05) is 38.8 Å². The van der Waals surface area contributed by atoms with Crippen molar-refractivity contribution in [1.82, 2.24) is 4.98 Å². The summed E-state index contributed by atoms with van der Waals surface area (Å²) in [5.41, 5.74) is 0.184. The summed E-state index contributed by atoms with van der Waals surface area (Å²) < 4.78 is 6.40. The molecule has 1 N–H and O–H groups in total. The van der Waals surface area contributed by atoms with E-state index in [0.29, 0.717) is 14.9 Å². The van der Waals surface area contributed by atoms with Crippen LogP contribution in [0.5, 0.6) is 5.75 Å². The number of aromatic amines is 1. The van der Waals surface area contributed by atoms with Gasteiger partial charge < -0.3 is 9.72 Å². The zero-order valence-corrected chi connectivity index (χ0v) is 14.7. The van der Waals surface area contributed by atoms with Crippen LogP contribution >= 0.6 is 11.3 Å². The Labute approximate surface area is 144 Å². The Balaban J connectivity index is 2.32. The number of aromatic nitrogens is 1. The molecule has 0 aliphatic carbocycles. The average molecular weight is 341 g/mol. The van der Waals surface area contributed by atoms with Crippen molar-refractivity contribution >= 4 is 29.3 Å². The van der Waals surface area contributed by atoms with Gasteiger partial charge in [-0.25, -0.2) is 0 Å². The van der Waals surface area contributed by atoms with Gasteiger partial charge in [-0.3, -0.25) is 9.59 Å². The number of benzene rings is 1.